The van der Waals surface area contributed by atoms with E-state index in [-0.39, 0.29) is 85.2 Å². The minimum atomic E-state index is -4.79. The molecule has 506 valence electrons. The average molecular weight is 1390 g/mol. The van der Waals surface area contributed by atoms with Gasteiger partial charge in [0, 0.05) is 36.0 Å². The molecule has 4 aliphatic rings. The third-order valence-corrected chi connectivity index (χ3v) is 18.0. The van der Waals surface area contributed by atoms with E-state index in [4.69, 9.17) is 32.6 Å². The van der Waals surface area contributed by atoms with Crippen LogP contribution in [0.1, 0.15) is 158 Å². The summed E-state index contributed by atoms with van der Waals surface area (Å²) in [5, 5.41) is 17.2. The monoisotopic (exact) mass is 1380 g/mol. The molecule has 0 radical (unpaired) electrons. The fourth-order valence-electron chi connectivity index (χ4n) is 11.6. The maximum Gasteiger partial charge on any atom is 0.573 e. The second-order valence-corrected chi connectivity index (χ2v) is 26.4. The maximum atomic E-state index is 13.5. The van der Waals surface area contributed by atoms with E-state index in [0.717, 1.165) is 41.5 Å². The number of hydrogen-bond donors (Lipinski definition) is 1. The van der Waals surface area contributed by atoms with Gasteiger partial charge in [0.1, 0.15) is 55.3 Å². The number of ether oxygens (including phenoxy) is 5. The number of carboxylic acids is 1. The SMILES string of the molecule is C.CC1(C)CCC=C1B1OC(C)(C)C(C)(C)O1.CC1(C)CCC=C1c1cc(COc2ccc([C@H](CC(=O)O)c3ccon3)cc2)ccc1OC(F)(F)F.O=C(C[C@@H](c1ccc(OCc2ccc(OC(F)(F)F)c(Br)c2)cc1)c1ccon1)N1C(=O)OC[C@@H]1Cc1ccccc1. The van der Waals surface area contributed by atoms with Gasteiger partial charge in [0.05, 0.1) is 39.5 Å². The lowest BCUT2D eigenvalue weighted by Gasteiger charge is -2.32. The highest BCUT2D eigenvalue weighted by molar-refractivity contribution is 9.10. The molecule has 2 aliphatic heterocycles. The summed E-state index contributed by atoms with van der Waals surface area (Å²) in [7, 11) is -0.150. The molecule has 24 heteroatoms. The third kappa shape index (κ3) is 19.0. The van der Waals surface area contributed by atoms with Crippen molar-refractivity contribution in [1.29, 1.82) is 0 Å². The Kier molecular flexibility index (Phi) is 23.0. The van der Waals surface area contributed by atoms with Gasteiger partial charge in [-0.25, -0.2) is 9.69 Å². The first kappa shape index (κ1) is 72.5. The zero-order valence-electron chi connectivity index (χ0n) is 53.1. The Morgan fingerprint density at radius 2 is 1.16 bits per heavy atom. The highest BCUT2D eigenvalue weighted by Gasteiger charge is 2.55. The van der Waals surface area contributed by atoms with Crippen LogP contribution in [0.2, 0.25) is 0 Å². The molecule has 2 aromatic heterocycles. The molecule has 0 bridgehead atoms. The summed E-state index contributed by atoms with van der Waals surface area (Å²) in [5.41, 5.74) is 6.89. The van der Waals surface area contributed by atoms with Crippen LogP contribution in [0.25, 0.3) is 5.57 Å². The van der Waals surface area contributed by atoms with Crippen molar-refractivity contribution in [2.24, 2.45) is 10.8 Å². The van der Waals surface area contributed by atoms with Crippen molar-refractivity contribution >= 4 is 46.6 Å². The van der Waals surface area contributed by atoms with Gasteiger partial charge in [-0.2, -0.15) is 0 Å². The van der Waals surface area contributed by atoms with Crippen molar-refractivity contribution in [3.05, 3.63) is 207 Å². The van der Waals surface area contributed by atoms with Crippen LogP contribution in [-0.4, -0.2) is 82.0 Å². The number of carbonyl (C=O) groups excluding carboxylic acids is 2. The predicted octanol–water partition coefficient (Wildman–Crippen LogP) is 18.0. The fraction of sp³-hybridized carbons (Fsp3) is 0.394. The lowest BCUT2D eigenvalue weighted by molar-refractivity contribution is -0.275. The van der Waals surface area contributed by atoms with Crippen LogP contribution in [-0.2, 0) is 43.3 Å². The largest absolute Gasteiger partial charge is 0.573 e. The number of halogens is 7. The molecule has 95 heavy (non-hydrogen) atoms. The number of nitrogens with zero attached hydrogens (tertiary/aromatic N) is 3. The van der Waals surface area contributed by atoms with Gasteiger partial charge in [0.15, 0.2) is 0 Å². The van der Waals surface area contributed by atoms with Crippen molar-refractivity contribution in [2.75, 3.05) is 6.61 Å². The maximum absolute atomic E-state index is 13.5. The molecule has 7 aromatic rings. The normalized spacial score (nSPS) is 18.1. The number of benzene rings is 5. The van der Waals surface area contributed by atoms with Gasteiger partial charge in [-0.3, -0.25) is 9.59 Å². The van der Waals surface area contributed by atoms with E-state index in [2.05, 4.69) is 83.3 Å². The Morgan fingerprint density at radius 3 is 1.63 bits per heavy atom. The molecule has 2 amide bonds. The van der Waals surface area contributed by atoms with E-state index >= 15 is 0 Å². The van der Waals surface area contributed by atoms with Crippen LogP contribution in [0.15, 0.2) is 171 Å². The number of cyclic esters (lactones) is 1. The molecule has 0 saturated carbocycles. The number of rotatable bonds is 20. The van der Waals surface area contributed by atoms with E-state index < -0.39 is 48.6 Å². The second-order valence-electron chi connectivity index (χ2n) is 25.6. The number of carbonyl (C=O) groups is 3. The summed E-state index contributed by atoms with van der Waals surface area (Å²) in [6.45, 7) is 17.3. The first-order valence-electron chi connectivity index (χ1n) is 30.5. The van der Waals surface area contributed by atoms with Crippen molar-refractivity contribution in [2.45, 2.75) is 163 Å². The van der Waals surface area contributed by atoms with E-state index in [1.165, 1.54) is 53.6 Å². The van der Waals surface area contributed by atoms with Gasteiger partial charge in [0.2, 0.25) is 5.91 Å². The summed E-state index contributed by atoms with van der Waals surface area (Å²) >= 11 is 3.08. The highest BCUT2D eigenvalue weighted by Crippen LogP contribution is 2.49. The molecule has 11 rings (SSSR count). The summed E-state index contributed by atoms with van der Waals surface area (Å²) in [6.07, 6.45) is 1.07. The van der Waals surface area contributed by atoms with Crippen molar-refractivity contribution in [3.63, 3.8) is 0 Å². The quantitative estimate of drug-likeness (QED) is 0.0559. The van der Waals surface area contributed by atoms with Crippen LogP contribution in [0.5, 0.6) is 23.0 Å². The number of allylic oxidation sites excluding steroid dienone is 4. The zero-order valence-corrected chi connectivity index (χ0v) is 54.7. The molecular formula is C71H77BBrF6N3O13. The summed E-state index contributed by atoms with van der Waals surface area (Å²) < 4.78 is 124. The molecule has 0 spiro atoms. The zero-order chi connectivity index (χ0) is 67.8. The summed E-state index contributed by atoms with van der Waals surface area (Å²) in [6, 6.07) is 35.1. The lowest BCUT2D eigenvalue weighted by Crippen LogP contribution is -2.41. The van der Waals surface area contributed by atoms with Crippen LogP contribution in [0.3, 0.4) is 0 Å². The standard InChI is InChI=1S/C30H24BrF3N2O6.C27H26F3NO5.C13H23BO2.CH4/c31-25-15-20(6-11-27(25)42-30(32,33)34)17-39-23-9-7-21(8-10-23)24(26-12-13-41-35-26)16-28(37)36-22(18-40-29(36)38)14-19-4-2-1-3-5-19;1-26(2)12-3-4-22(26)21-14-17(5-10-24(21)36-27(28,29)30)16-34-19-8-6-18(7-9-19)20(15-25(32)33)23-11-13-35-31-23;1-11(2)9-7-8-10(11)14-15-12(3,4)13(5,6)16-14;/h1-13,15,22,24H,14,16-18H2;4-11,13-14,20H,3,12,15-16H2,1-2H3,(H,32,33);8H,7,9H2,1-6H3;1H4/t22-,24-;20-;;/m00../s1. The Hall–Kier alpha value is -8.35. The van der Waals surface area contributed by atoms with Gasteiger partial charge >= 0.3 is 31.9 Å². The van der Waals surface area contributed by atoms with Crippen molar-refractivity contribution in [1.82, 2.24) is 15.2 Å². The average Bonchev–Trinajstić information content (AvgIpc) is 1.63. The minimum Gasteiger partial charge on any atom is -0.489 e. The molecule has 0 unspecified atom stereocenters. The van der Waals surface area contributed by atoms with Gasteiger partial charge in [-0.05, 0) is 174 Å². The number of hydrogen-bond acceptors (Lipinski definition) is 14. The number of imide groups is 1. The van der Waals surface area contributed by atoms with Crippen LogP contribution < -0.4 is 18.9 Å². The van der Waals surface area contributed by atoms with Crippen molar-refractivity contribution < 1.29 is 87.9 Å². The van der Waals surface area contributed by atoms with E-state index in [0.29, 0.717) is 46.0 Å². The van der Waals surface area contributed by atoms with Crippen LogP contribution in [0, 0.1) is 10.8 Å². The smallest absolute Gasteiger partial charge is 0.489 e. The van der Waals surface area contributed by atoms with Gasteiger partial charge in [-0.15, -0.1) is 26.3 Å². The first-order chi connectivity index (χ1) is 44.3. The Labute approximate surface area is 557 Å². The summed E-state index contributed by atoms with van der Waals surface area (Å²) in [5.74, 6) is -1.87. The highest BCUT2D eigenvalue weighted by atomic mass is 79.9. The number of carboxylic acid groups (broad SMARTS) is 1. The molecule has 3 atom stereocenters. The van der Waals surface area contributed by atoms with E-state index in [9.17, 15) is 45.8 Å². The molecule has 1 N–H and O–H groups in total. The van der Waals surface area contributed by atoms with Crippen LogP contribution >= 0.6 is 15.9 Å². The molecule has 2 aliphatic carbocycles. The Balaban J connectivity index is 0.000000198. The van der Waals surface area contributed by atoms with Crippen LogP contribution in [0.4, 0.5) is 31.1 Å². The number of alkyl halides is 6. The fourth-order valence-corrected chi connectivity index (χ4v) is 12.1. The molecular weight excluding hydrogens is 1310 g/mol. The second kappa shape index (κ2) is 30.2. The minimum absolute atomic E-state index is 0. The van der Waals surface area contributed by atoms with Gasteiger partial charge in [0.25, 0.3) is 0 Å². The number of aromatic nitrogens is 2. The number of aliphatic carboxylic acids is 1. The third-order valence-electron chi connectivity index (χ3n) is 17.4. The Bertz CT molecular complexity index is 3770. The molecule has 5 aromatic carbocycles. The molecule has 16 nitrogen and oxygen atoms in total. The van der Waals surface area contributed by atoms with Gasteiger partial charge < -0.3 is 47.1 Å². The van der Waals surface area contributed by atoms with Crippen molar-refractivity contribution in [3.8, 4) is 23.0 Å². The predicted molar refractivity (Wildman–Crippen MR) is 346 cm³/mol. The number of amides is 2. The van der Waals surface area contributed by atoms with Gasteiger partial charge in [-0.1, -0.05) is 124 Å². The van der Waals surface area contributed by atoms with E-state index in [1.54, 1.807) is 72.8 Å². The first-order valence-corrected chi connectivity index (χ1v) is 31.3. The summed E-state index contributed by atoms with van der Waals surface area (Å²) in [4.78, 5) is 38.5. The molecule has 4 heterocycles. The molecule has 2 saturated heterocycles. The molecule has 2 fully saturated rings. The lowest BCUT2D eigenvalue weighted by atomic mass is 9.65. The Morgan fingerprint density at radius 1 is 0.653 bits per heavy atom. The van der Waals surface area contributed by atoms with E-state index in [1.807, 2.05) is 50.3 Å². The topological polar surface area (TPSA) is 191 Å².